The van der Waals surface area contributed by atoms with Crippen molar-refractivity contribution in [1.82, 2.24) is 9.87 Å². The maximum Gasteiger partial charge on any atom is 0.263 e. The summed E-state index contributed by atoms with van der Waals surface area (Å²) in [6, 6.07) is 6.75. The van der Waals surface area contributed by atoms with Gasteiger partial charge in [0.15, 0.2) is 0 Å². The predicted molar refractivity (Wildman–Crippen MR) is 77.6 cm³/mol. The number of hydrogen-bond donors (Lipinski definition) is 1. The Hall–Kier alpha value is -1.50. The van der Waals surface area contributed by atoms with Crippen LogP contribution in [0.3, 0.4) is 0 Å². The van der Waals surface area contributed by atoms with Crippen molar-refractivity contribution < 1.29 is 13.3 Å². The summed E-state index contributed by atoms with van der Waals surface area (Å²) in [6.45, 7) is 7.20. The molecule has 0 aliphatic carbocycles. The van der Waals surface area contributed by atoms with Crippen LogP contribution in [-0.2, 0) is 14.9 Å². The van der Waals surface area contributed by atoms with Gasteiger partial charge in [-0.3, -0.25) is 9.82 Å². The maximum atomic E-state index is 12.3. The number of hydrogen-bond acceptors (Lipinski definition) is 4. The molecule has 0 bridgehead atoms. The van der Waals surface area contributed by atoms with Gasteiger partial charge in [0.2, 0.25) is 0 Å². The van der Waals surface area contributed by atoms with E-state index in [1.165, 1.54) is 0 Å². The normalized spacial score (nSPS) is 12.8. The van der Waals surface area contributed by atoms with E-state index in [1.807, 2.05) is 6.92 Å². The van der Waals surface area contributed by atoms with E-state index >= 15 is 0 Å². The molecule has 0 spiro atoms. The Bertz CT molecular complexity index is 734. The average Bonchev–Trinajstić information content (AvgIpc) is 2.36. The van der Waals surface area contributed by atoms with E-state index in [0.717, 1.165) is 5.56 Å². The van der Waals surface area contributed by atoms with Crippen molar-refractivity contribution in [1.29, 1.82) is 0 Å². The standard InChI is InChI=1S/C14H18N2O3S/c1-10-7-8-12(11-6-5-9-15-13(10)11)20(17,18)16-19-14(2,3)4/h5-9,16H,1-4H3. The maximum absolute atomic E-state index is 12.3. The summed E-state index contributed by atoms with van der Waals surface area (Å²) >= 11 is 0. The first-order valence-corrected chi connectivity index (χ1v) is 7.73. The number of pyridine rings is 1. The zero-order valence-electron chi connectivity index (χ0n) is 12.0. The van der Waals surface area contributed by atoms with Crippen molar-refractivity contribution in [2.24, 2.45) is 0 Å². The molecule has 0 saturated carbocycles. The second-order valence-electron chi connectivity index (χ2n) is 5.58. The Kier molecular flexibility index (Phi) is 3.82. The van der Waals surface area contributed by atoms with Crippen molar-refractivity contribution in [3.05, 3.63) is 36.0 Å². The minimum atomic E-state index is -3.75. The van der Waals surface area contributed by atoms with Gasteiger partial charge in [0.25, 0.3) is 10.0 Å². The smallest absolute Gasteiger partial charge is 0.263 e. The fraction of sp³-hybridized carbons (Fsp3) is 0.357. The lowest BCUT2D eigenvalue weighted by molar-refractivity contribution is -0.0357. The molecule has 0 aliphatic rings. The zero-order valence-corrected chi connectivity index (χ0v) is 12.8. The molecule has 0 aliphatic heterocycles. The lowest BCUT2D eigenvalue weighted by Crippen LogP contribution is -2.33. The SMILES string of the molecule is Cc1ccc(S(=O)(=O)NOC(C)(C)C)c2cccnc12. The molecule has 0 radical (unpaired) electrons. The molecule has 0 fully saturated rings. The summed E-state index contributed by atoms with van der Waals surface area (Å²) in [5.41, 5.74) is 0.994. The largest absolute Gasteiger partial charge is 0.281 e. The van der Waals surface area contributed by atoms with Gasteiger partial charge in [0, 0.05) is 11.6 Å². The second kappa shape index (κ2) is 5.12. The highest BCUT2D eigenvalue weighted by atomic mass is 32.2. The first kappa shape index (κ1) is 14.9. The average molecular weight is 294 g/mol. The van der Waals surface area contributed by atoms with E-state index in [2.05, 4.69) is 9.87 Å². The van der Waals surface area contributed by atoms with Crippen LogP contribution < -0.4 is 4.89 Å². The molecule has 20 heavy (non-hydrogen) atoms. The molecule has 5 nitrogen and oxygen atoms in total. The van der Waals surface area contributed by atoms with Crippen LogP contribution in [0.25, 0.3) is 10.9 Å². The van der Waals surface area contributed by atoms with Gasteiger partial charge in [-0.2, -0.15) is 0 Å². The van der Waals surface area contributed by atoms with E-state index in [9.17, 15) is 8.42 Å². The Morgan fingerprint density at radius 1 is 1.20 bits per heavy atom. The number of fused-ring (bicyclic) bond motifs is 1. The van der Waals surface area contributed by atoms with Crippen LogP contribution in [0.2, 0.25) is 0 Å². The number of sulfonamides is 1. The van der Waals surface area contributed by atoms with Crippen LogP contribution in [0.15, 0.2) is 35.4 Å². The Morgan fingerprint density at radius 2 is 1.90 bits per heavy atom. The van der Waals surface area contributed by atoms with Crippen LogP contribution in [0.4, 0.5) is 0 Å². The van der Waals surface area contributed by atoms with Crippen LogP contribution in [-0.4, -0.2) is 19.0 Å². The summed E-state index contributed by atoms with van der Waals surface area (Å²) in [5, 5.41) is 0.581. The third kappa shape index (κ3) is 3.15. The molecule has 108 valence electrons. The fourth-order valence-electron chi connectivity index (χ4n) is 1.75. The van der Waals surface area contributed by atoms with Gasteiger partial charge in [-0.05, 0) is 51.5 Å². The van der Waals surface area contributed by atoms with E-state index < -0.39 is 15.6 Å². The molecule has 2 rings (SSSR count). The third-order valence-electron chi connectivity index (χ3n) is 2.68. The fourth-order valence-corrected chi connectivity index (χ4v) is 2.90. The number of rotatable bonds is 3. The number of benzene rings is 1. The van der Waals surface area contributed by atoms with E-state index in [-0.39, 0.29) is 4.90 Å². The monoisotopic (exact) mass is 294 g/mol. The Morgan fingerprint density at radius 3 is 2.55 bits per heavy atom. The lowest BCUT2D eigenvalue weighted by Gasteiger charge is -2.19. The molecule has 6 heteroatoms. The topological polar surface area (TPSA) is 68.3 Å². The second-order valence-corrected chi connectivity index (χ2v) is 7.19. The Labute approximate surface area is 119 Å². The molecule has 2 aromatic rings. The van der Waals surface area contributed by atoms with Crippen molar-refractivity contribution in [2.75, 3.05) is 0 Å². The number of aromatic nitrogens is 1. The summed E-state index contributed by atoms with van der Waals surface area (Å²) in [7, 11) is -3.75. The summed E-state index contributed by atoms with van der Waals surface area (Å²) in [4.78, 5) is 11.7. The number of nitrogens with zero attached hydrogens (tertiary/aromatic N) is 1. The summed E-state index contributed by atoms with van der Waals surface area (Å²) < 4.78 is 24.7. The molecule has 0 amide bonds. The van der Waals surface area contributed by atoms with Crippen molar-refractivity contribution in [2.45, 2.75) is 38.2 Å². The van der Waals surface area contributed by atoms with Crippen LogP contribution in [0.5, 0.6) is 0 Å². The number of aryl methyl sites for hydroxylation is 1. The first-order chi connectivity index (χ1) is 9.21. The highest BCUT2D eigenvalue weighted by Gasteiger charge is 2.21. The van der Waals surface area contributed by atoms with Gasteiger partial charge in [-0.1, -0.05) is 11.0 Å². The van der Waals surface area contributed by atoms with Gasteiger partial charge >= 0.3 is 0 Å². The van der Waals surface area contributed by atoms with E-state index in [0.29, 0.717) is 10.9 Å². The number of nitrogens with one attached hydrogen (secondary N) is 1. The molecular weight excluding hydrogens is 276 g/mol. The van der Waals surface area contributed by atoms with Gasteiger partial charge in [-0.15, -0.1) is 0 Å². The highest BCUT2D eigenvalue weighted by Crippen LogP contribution is 2.24. The lowest BCUT2D eigenvalue weighted by atomic mass is 10.1. The van der Waals surface area contributed by atoms with Crippen molar-refractivity contribution in [3.63, 3.8) is 0 Å². The Balaban J connectivity index is 2.50. The van der Waals surface area contributed by atoms with Gasteiger partial charge < -0.3 is 0 Å². The van der Waals surface area contributed by atoms with Crippen LogP contribution in [0.1, 0.15) is 26.3 Å². The molecule has 1 aromatic carbocycles. The molecule has 1 heterocycles. The van der Waals surface area contributed by atoms with Crippen LogP contribution >= 0.6 is 0 Å². The molecular formula is C14H18N2O3S. The third-order valence-corrected chi connectivity index (χ3v) is 3.92. The predicted octanol–water partition coefficient (Wildman–Crippen LogP) is 2.55. The zero-order chi connectivity index (χ0) is 15.0. The summed E-state index contributed by atoms with van der Waals surface area (Å²) in [5.74, 6) is 0. The molecule has 0 unspecified atom stereocenters. The minimum absolute atomic E-state index is 0.162. The van der Waals surface area contributed by atoms with Crippen molar-refractivity contribution in [3.8, 4) is 0 Å². The minimum Gasteiger partial charge on any atom is -0.281 e. The molecule has 1 N–H and O–H groups in total. The summed E-state index contributed by atoms with van der Waals surface area (Å²) in [6.07, 6.45) is 1.64. The highest BCUT2D eigenvalue weighted by molar-refractivity contribution is 7.89. The quantitative estimate of drug-likeness (QED) is 0.883. The van der Waals surface area contributed by atoms with E-state index in [1.54, 1.807) is 51.2 Å². The van der Waals surface area contributed by atoms with Gasteiger partial charge in [0.05, 0.1) is 16.0 Å². The van der Waals surface area contributed by atoms with Crippen molar-refractivity contribution >= 4 is 20.9 Å². The molecule has 1 aromatic heterocycles. The first-order valence-electron chi connectivity index (χ1n) is 6.25. The van der Waals surface area contributed by atoms with Crippen LogP contribution in [0, 0.1) is 6.92 Å². The van der Waals surface area contributed by atoms with E-state index in [4.69, 9.17) is 4.84 Å². The van der Waals surface area contributed by atoms with Gasteiger partial charge in [0.1, 0.15) is 0 Å². The van der Waals surface area contributed by atoms with Gasteiger partial charge in [-0.25, -0.2) is 8.42 Å². The molecule has 0 atom stereocenters. The molecule has 0 saturated heterocycles.